The van der Waals surface area contributed by atoms with Gasteiger partial charge < -0.3 is 45.1 Å². The van der Waals surface area contributed by atoms with Gasteiger partial charge in [-0.2, -0.15) is 0 Å². The number of ether oxygens (including phenoxy) is 3. The second kappa shape index (κ2) is 10.4. The summed E-state index contributed by atoms with van der Waals surface area (Å²) in [6, 6.07) is 3.71. The summed E-state index contributed by atoms with van der Waals surface area (Å²) in [6.07, 6.45) is -6.03. The highest BCUT2D eigenvalue weighted by atomic mass is 16.7. The van der Waals surface area contributed by atoms with Gasteiger partial charge in [0.05, 0.1) is 53.8 Å². The molecule has 0 aromatic heterocycles. The van der Waals surface area contributed by atoms with Crippen molar-refractivity contribution < 1.29 is 54.1 Å². The molecule has 6 N–H and O–H groups in total. The Labute approximate surface area is 235 Å². The smallest absolute Gasteiger partial charge is 0.217 e. The predicted octanol–water partition coefficient (Wildman–Crippen LogP) is 0.998. The van der Waals surface area contributed by atoms with Crippen molar-refractivity contribution in [2.24, 2.45) is 0 Å². The van der Waals surface area contributed by atoms with Crippen molar-refractivity contribution in [2.75, 3.05) is 7.11 Å². The van der Waals surface area contributed by atoms with E-state index in [9.17, 15) is 39.9 Å². The van der Waals surface area contributed by atoms with Crippen LogP contribution in [-0.4, -0.2) is 86.4 Å². The predicted molar refractivity (Wildman–Crippen MR) is 141 cm³/mol. The number of hydrogen-bond acceptors (Lipinski definition) is 11. The average molecular weight is 572 g/mol. The topological polar surface area (TPSA) is 192 Å². The van der Waals surface area contributed by atoms with E-state index < -0.39 is 76.5 Å². The van der Waals surface area contributed by atoms with Crippen LogP contribution in [0.25, 0.3) is 0 Å². The van der Waals surface area contributed by atoms with Gasteiger partial charge in [-0.05, 0) is 19.9 Å². The molecule has 1 aliphatic heterocycles. The number of fused-ring (bicyclic) bond motifs is 3. The second-order valence-electron chi connectivity index (χ2n) is 11.0. The molecule has 0 unspecified atom stereocenters. The van der Waals surface area contributed by atoms with Crippen LogP contribution in [0.1, 0.15) is 82.7 Å². The minimum absolute atomic E-state index is 0.00367. The second-order valence-corrected chi connectivity index (χ2v) is 11.0. The van der Waals surface area contributed by atoms with Gasteiger partial charge in [0.2, 0.25) is 11.7 Å². The monoisotopic (exact) mass is 571 g/mol. The van der Waals surface area contributed by atoms with Crippen molar-refractivity contribution in [3.8, 4) is 17.2 Å². The Hall–Kier alpha value is -3.55. The van der Waals surface area contributed by atoms with Crippen LogP contribution in [0.2, 0.25) is 0 Å². The summed E-state index contributed by atoms with van der Waals surface area (Å²) in [7, 11) is 1.34. The van der Waals surface area contributed by atoms with Gasteiger partial charge in [0.15, 0.2) is 12.1 Å². The van der Waals surface area contributed by atoms with Crippen molar-refractivity contribution in [1.29, 1.82) is 0 Å². The number of hydrogen-bond donors (Lipinski definition) is 6. The van der Waals surface area contributed by atoms with Gasteiger partial charge in [-0.25, -0.2) is 0 Å². The van der Waals surface area contributed by atoms with Crippen molar-refractivity contribution >= 4 is 17.5 Å². The maximum atomic E-state index is 13.7. The normalized spacial score (nSPS) is 29.7. The lowest BCUT2D eigenvalue weighted by Crippen LogP contribution is -2.55. The molecular formula is C29H33NO11. The maximum absolute atomic E-state index is 13.7. The highest BCUT2D eigenvalue weighted by molar-refractivity contribution is 6.31. The largest absolute Gasteiger partial charge is 0.507 e. The van der Waals surface area contributed by atoms with Crippen molar-refractivity contribution in [1.82, 2.24) is 5.32 Å². The summed E-state index contributed by atoms with van der Waals surface area (Å²) in [5, 5.41) is 58.0. The quantitative estimate of drug-likeness (QED) is 0.239. The Morgan fingerprint density at radius 1 is 1.15 bits per heavy atom. The summed E-state index contributed by atoms with van der Waals surface area (Å²) in [6.45, 7) is 4.25. The molecule has 1 heterocycles. The molecule has 2 aliphatic carbocycles. The minimum atomic E-state index is -1.85. The molecule has 7 atom stereocenters. The molecule has 0 radical (unpaired) electrons. The van der Waals surface area contributed by atoms with Gasteiger partial charge in [0, 0.05) is 42.9 Å². The fourth-order valence-electron chi connectivity index (χ4n) is 6.11. The van der Waals surface area contributed by atoms with E-state index in [4.69, 9.17) is 14.2 Å². The van der Waals surface area contributed by atoms with Crippen LogP contribution in [0.5, 0.6) is 17.2 Å². The Bertz CT molecular complexity index is 1440. The molecule has 1 fully saturated rings. The Kier molecular flexibility index (Phi) is 7.33. The molecule has 1 saturated heterocycles. The fraction of sp³-hybridized carbons (Fsp3) is 0.483. The Balaban J connectivity index is 1.64. The van der Waals surface area contributed by atoms with Crippen LogP contribution in [0.3, 0.4) is 0 Å². The number of phenolic OH excluding ortho intramolecular Hbond substituents is 2. The number of carbonyl (C=O) groups is 3. The fourth-order valence-corrected chi connectivity index (χ4v) is 6.11. The van der Waals surface area contributed by atoms with E-state index in [2.05, 4.69) is 5.32 Å². The molecule has 2 aromatic rings. The van der Waals surface area contributed by atoms with Crippen LogP contribution in [0.15, 0.2) is 18.2 Å². The summed E-state index contributed by atoms with van der Waals surface area (Å²) in [4.78, 5) is 39.0. The number of aromatic hydroxyl groups is 2. The van der Waals surface area contributed by atoms with Crippen LogP contribution < -0.4 is 10.1 Å². The van der Waals surface area contributed by atoms with Crippen molar-refractivity contribution in [3.05, 3.63) is 51.6 Å². The molecular weight excluding hydrogens is 538 g/mol. The van der Waals surface area contributed by atoms with E-state index in [1.54, 1.807) is 6.92 Å². The summed E-state index contributed by atoms with van der Waals surface area (Å²) in [5.41, 5.74) is -2.87. The summed E-state index contributed by atoms with van der Waals surface area (Å²) in [5.74, 6) is -2.94. The van der Waals surface area contributed by atoms with Gasteiger partial charge in [-0.15, -0.1) is 0 Å². The first-order valence-corrected chi connectivity index (χ1v) is 13.3. The molecule has 12 heteroatoms. The van der Waals surface area contributed by atoms with E-state index in [-0.39, 0.29) is 53.2 Å². The molecule has 3 aliphatic rings. The molecule has 41 heavy (non-hydrogen) atoms. The van der Waals surface area contributed by atoms with E-state index in [0.717, 1.165) is 0 Å². The van der Waals surface area contributed by atoms with Crippen LogP contribution in [0, 0.1) is 0 Å². The zero-order valence-electron chi connectivity index (χ0n) is 23.0. The first-order chi connectivity index (χ1) is 19.3. The van der Waals surface area contributed by atoms with Crippen LogP contribution in [-0.2, 0) is 20.7 Å². The molecule has 0 spiro atoms. The maximum Gasteiger partial charge on any atom is 0.217 e. The number of aliphatic hydroxyl groups excluding tert-OH is 2. The lowest BCUT2D eigenvalue weighted by atomic mass is 9.71. The number of nitrogens with one attached hydrogen (secondary N) is 1. The first kappa shape index (κ1) is 29.0. The molecule has 12 nitrogen and oxygen atoms in total. The number of ketones is 2. The van der Waals surface area contributed by atoms with Gasteiger partial charge in [-0.3, -0.25) is 14.4 Å². The summed E-state index contributed by atoms with van der Waals surface area (Å²) < 4.78 is 17.3. The molecule has 5 rings (SSSR count). The standard InChI is InChI=1S/C29H33NO11/c1-11-24(33)16(30-13(3)32)8-19(40-11)41-18-10-29(38,12(2)31)9-15-21(18)28(37)23-22(26(15)35)25(34)14-6-5-7-17(39-4)20(14)27(23)36/h5-7,11-12,16,18-19,24,31,33,35,37-38H,8-10H2,1-4H3,(H,30,32)/t11-,12-,16-,18+,19-,24+,29+/m1/s1. The number of methoxy groups -OCH3 is 1. The highest BCUT2D eigenvalue weighted by Gasteiger charge is 2.49. The third-order valence-corrected chi connectivity index (χ3v) is 8.29. The van der Waals surface area contributed by atoms with Crippen LogP contribution in [0.4, 0.5) is 0 Å². The van der Waals surface area contributed by atoms with E-state index in [1.165, 1.54) is 39.2 Å². The lowest BCUT2D eigenvalue weighted by Gasteiger charge is -2.44. The molecule has 1 amide bonds. The number of amides is 1. The number of phenols is 2. The Morgan fingerprint density at radius 3 is 2.46 bits per heavy atom. The number of rotatable bonds is 5. The zero-order chi connectivity index (χ0) is 30.0. The summed E-state index contributed by atoms with van der Waals surface area (Å²) >= 11 is 0. The number of benzene rings is 2. The third kappa shape index (κ3) is 4.65. The molecule has 0 saturated carbocycles. The number of carbonyl (C=O) groups excluding carboxylic acids is 3. The van der Waals surface area contributed by atoms with Crippen molar-refractivity contribution in [3.63, 3.8) is 0 Å². The van der Waals surface area contributed by atoms with Gasteiger partial charge in [0.25, 0.3) is 0 Å². The molecule has 220 valence electrons. The van der Waals surface area contributed by atoms with Crippen LogP contribution >= 0.6 is 0 Å². The molecule has 2 aromatic carbocycles. The number of aliphatic hydroxyl groups is 3. The van der Waals surface area contributed by atoms with Gasteiger partial charge in [-0.1, -0.05) is 12.1 Å². The van der Waals surface area contributed by atoms with E-state index >= 15 is 0 Å². The van der Waals surface area contributed by atoms with E-state index in [0.29, 0.717) is 0 Å². The van der Waals surface area contributed by atoms with E-state index in [1.807, 2.05) is 0 Å². The van der Waals surface area contributed by atoms with Crippen molar-refractivity contribution in [2.45, 2.75) is 82.4 Å². The molecule has 0 bridgehead atoms. The highest BCUT2D eigenvalue weighted by Crippen LogP contribution is 2.52. The van der Waals surface area contributed by atoms with Gasteiger partial charge >= 0.3 is 0 Å². The van der Waals surface area contributed by atoms with Gasteiger partial charge in [0.1, 0.15) is 23.4 Å². The third-order valence-electron chi connectivity index (χ3n) is 8.29. The zero-order valence-corrected chi connectivity index (χ0v) is 23.0. The first-order valence-electron chi connectivity index (χ1n) is 13.3. The average Bonchev–Trinajstić information content (AvgIpc) is 2.91. The SMILES string of the molecule is COc1cccc2c1C(=O)c1c(O)c3c(c(O)c1C2=O)C[C@@](O)([C@@H](C)O)C[C@@H]3O[C@@H]1C[C@@H](NC(C)=O)[C@@H](O)[C@@H](C)O1. The lowest BCUT2D eigenvalue weighted by molar-refractivity contribution is -0.252. The minimum Gasteiger partial charge on any atom is -0.507 e. The Morgan fingerprint density at radius 2 is 1.83 bits per heavy atom.